The molecule has 0 aliphatic heterocycles. The standard InChI is InChI=1S/C23H30N3O6P.C3H8O2/c1-17(2)31-22(27)15-26-33(28,32-19-7-5-4-6-8-19)30-16-20(29-3)10-9-18-11-13-24-23-21(18)12-14-25-23;1-3(2,4)5/h4-8,11-14,17,20H,9-10,15-16H2,1-3H3,(H,24,25)(H,26,28);4-5H,1-2H3/t20?,33-;/m0./s1. The fourth-order valence-electron chi connectivity index (χ4n) is 3.19. The first kappa shape index (κ1) is 31.4. The maximum Gasteiger partial charge on any atom is 0.459 e. The molecule has 1 aromatic carbocycles. The average molecular weight is 552 g/mol. The van der Waals surface area contributed by atoms with E-state index in [1.165, 1.54) is 13.8 Å². The van der Waals surface area contributed by atoms with Crippen LogP contribution >= 0.6 is 7.75 Å². The predicted molar refractivity (Wildman–Crippen MR) is 144 cm³/mol. The molecule has 2 heterocycles. The number of hydrogen-bond donors (Lipinski definition) is 4. The maximum atomic E-state index is 13.4. The van der Waals surface area contributed by atoms with Crippen LogP contribution in [0.4, 0.5) is 0 Å². The highest BCUT2D eigenvalue weighted by Gasteiger charge is 2.29. The molecule has 0 spiro atoms. The summed E-state index contributed by atoms with van der Waals surface area (Å²) >= 11 is 0. The highest BCUT2D eigenvalue weighted by molar-refractivity contribution is 7.52. The van der Waals surface area contributed by atoms with E-state index in [0.717, 1.165) is 23.0 Å². The summed E-state index contributed by atoms with van der Waals surface area (Å²) in [6.45, 7) is 5.76. The Kier molecular flexibility index (Phi) is 12.4. The van der Waals surface area contributed by atoms with Gasteiger partial charge in [0.1, 0.15) is 17.9 Å². The highest BCUT2D eigenvalue weighted by atomic mass is 31.2. The molecule has 210 valence electrons. The van der Waals surface area contributed by atoms with Gasteiger partial charge in [0, 0.05) is 24.9 Å². The summed E-state index contributed by atoms with van der Waals surface area (Å²) in [5.41, 5.74) is 1.96. The minimum absolute atomic E-state index is 0.00814. The largest absolute Gasteiger partial charge is 0.462 e. The summed E-state index contributed by atoms with van der Waals surface area (Å²) in [5, 5.41) is 19.8. The molecule has 1 unspecified atom stereocenters. The van der Waals surface area contributed by atoms with E-state index in [9.17, 15) is 9.36 Å². The molecular formula is C26H38N3O8P. The lowest BCUT2D eigenvalue weighted by Gasteiger charge is -2.22. The molecule has 12 heteroatoms. The zero-order valence-corrected chi connectivity index (χ0v) is 23.3. The lowest BCUT2D eigenvalue weighted by molar-refractivity contribution is -0.146. The zero-order valence-electron chi connectivity index (χ0n) is 22.4. The number of fused-ring (bicyclic) bond motifs is 1. The minimum Gasteiger partial charge on any atom is -0.462 e. The average Bonchev–Trinajstić information content (AvgIpc) is 3.32. The predicted octanol–water partition coefficient (Wildman–Crippen LogP) is 3.96. The van der Waals surface area contributed by atoms with Crippen LogP contribution in [0.5, 0.6) is 5.75 Å². The van der Waals surface area contributed by atoms with Crippen LogP contribution in [-0.2, 0) is 29.8 Å². The number of aromatic nitrogens is 2. The molecule has 0 radical (unpaired) electrons. The second-order valence-electron chi connectivity index (χ2n) is 9.17. The van der Waals surface area contributed by atoms with E-state index in [1.807, 2.05) is 24.4 Å². The van der Waals surface area contributed by atoms with E-state index < -0.39 is 19.5 Å². The number of aryl methyl sites for hydroxylation is 1. The summed E-state index contributed by atoms with van der Waals surface area (Å²) in [4.78, 5) is 19.3. The number of ether oxygens (including phenoxy) is 2. The third-order valence-corrected chi connectivity index (χ3v) is 6.29. The molecule has 0 saturated heterocycles. The Morgan fingerprint density at radius 2 is 1.84 bits per heavy atom. The number of rotatable bonds is 13. The van der Waals surface area contributed by atoms with Crippen molar-refractivity contribution in [2.45, 2.75) is 58.5 Å². The number of hydrogen-bond acceptors (Lipinski definition) is 9. The van der Waals surface area contributed by atoms with Crippen molar-refractivity contribution in [3.63, 3.8) is 0 Å². The van der Waals surface area contributed by atoms with Crippen molar-refractivity contribution in [3.8, 4) is 5.75 Å². The van der Waals surface area contributed by atoms with Gasteiger partial charge in [0.15, 0.2) is 5.79 Å². The minimum atomic E-state index is -3.88. The topological polar surface area (TPSA) is 152 Å². The number of nitrogens with one attached hydrogen (secondary N) is 2. The number of nitrogens with zero attached hydrogens (tertiary/aromatic N) is 1. The molecule has 0 aliphatic rings. The third kappa shape index (κ3) is 12.2. The molecule has 0 fully saturated rings. The second-order valence-corrected chi connectivity index (χ2v) is 10.9. The normalized spacial score (nSPS) is 13.9. The number of H-pyrrole nitrogens is 1. The summed E-state index contributed by atoms with van der Waals surface area (Å²) in [5.74, 6) is -1.70. The van der Waals surface area contributed by atoms with Gasteiger partial charge < -0.3 is 29.2 Å². The second kappa shape index (κ2) is 15.0. The Labute approximate surface area is 223 Å². The summed E-state index contributed by atoms with van der Waals surface area (Å²) in [6.07, 6.45) is 4.33. The number of benzene rings is 1. The summed E-state index contributed by atoms with van der Waals surface area (Å²) in [6, 6.07) is 12.6. The number of carbonyl (C=O) groups is 1. The quantitative estimate of drug-likeness (QED) is 0.139. The Balaban J connectivity index is 0.000000926. The van der Waals surface area contributed by atoms with Crippen LogP contribution in [0.3, 0.4) is 0 Å². The van der Waals surface area contributed by atoms with Gasteiger partial charge in [-0.3, -0.25) is 9.32 Å². The fourth-order valence-corrected chi connectivity index (χ4v) is 4.49. The molecule has 2 aromatic heterocycles. The van der Waals surface area contributed by atoms with Crippen LogP contribution in [0.15, 0.2) is 54.9 Å². The maximum absolute atomic E-state index is 13.4. The smallest absolute Gasteiger partial charge is 0.459 e. The Bertz CT molecular complexity index is 1160. The molecule has 0 amide bonds. The van der Waals surface area contributed by atoms with E-state index in [4.69, 9.17) is 28.7 Å². The van der Waals surface area contributed by atoms with Crippen molar-refractivity contribution in [2.75, 3.05) is 20.3 Å². The van der Waals surface area contributed by atoms with Crippen molar-refractivity contribution in [1.29, 1.82) is 0 Å². The van der Waals surface area contributed by atoms with Gasteiger partial charge >= 0.3 is 13.7 Å². The van der Waals surface area contributed by atoms with Crippen molar-refractivity contribution < 1.29 is 38.1 Å². The third-order valence-electron chi connectivity index (χ3n) is 4.80. The Hall–Kier alpha value is -2.79. The number of aliphatic hydroxyl groups is 2. The molecule has 11 nitrogen and oxygen atoms in total. The van der Waals surface area contributed by atoms with Gasteiger partial charge in [0.25, 0.3) is 0 Å². The van der Waals surface area contributed by atoms with Crippen LogP contribution in [0.1, 0.15) is 39.7 Å². The number of esters is 1. The zero-order chi connectivity index (χ0) is 28.2. The Morgan fingerprint density at radius 3 is 2.47 bits per heavy atom. The first-order chi connectivity index (χ1) is 17.9. The van der Waals surface area contributed by atoms with Gasteiger partial charge in [0.2, 0.25) is 0 Å². The molecule has 38 heavy (non-hydrogen) atoms. The number of methoxy groups -OCH3 is 1. The van der Waals surface area contributed by atoms with Crippen molar-refractivity contribution >= 4 is 24.7 Å². The van der Waals surface area contributed by atoms with Crippen LogP contribution < -0.4 is 9.61 Å². The van der Waals surface area contributed by atoms with Gasteiger partial charge in [-0.25, -0.2) is 14.6 Å². The molecule has 0 saturated carbocycles. The number of carbonyl (C=O) groups excluding carboxylic acids is 1. The van der Waals surface area contributed by atoms with Crippen molar-refractivity contribution in [2.24, 2.45) is 0 Å². The lowest BCUT2D eigenvalue weighted by atomic mass is 10.1. The Morgan fingerprint density at radius 1 is 1.16 bits per heavy atom. The van der Waals surface area contributed by atoms with Crippen LogP contribution in [0, 0.1) is 0 Å². The van der Waals surface area contributed by atoms with Crippen LogP contribution in [-0.4, -0.2) is 64.4 Å². The summed E-state index contributed by atoms with van der Waals surface area (Å²) in [7, 11) is -2.30. The molecule has 2 atom stereocenters. The van der Waals surface area contributed by atoms with Gasteiger partial charge in [-0.1, -0.05) is 18.2 Å². The van der Waals surface area contributed by atoms with E-state index in [-0.39, 0.29) is 25.4 Å². The van der Waals surface area contributed by atoms with Gasteiger partial charge in [-0.15, -0.1) is 0 Å². The fraction of sp³-hybridized carbons (Fsp3) is 0.462. The van der Waals surface area contributed by atoms with Gasteiger partial charge in [0.05, 0.1) is 18.8 Å². The molecular weight excluding hydrogens is 513 g/mol. The molecule has 3 aromatic rings. The molecule has 4 N–H and O–H groups in total. The lowest BCUT2D eigenvalue weighted by Crippen LogP contribution is -2.29. The van der Waals surface area contributed by atoms with E-state index in [0.29, 0.717) is 12.2 Å². The SMILES string of the molecule is CC(C)(O)O.COC(CCc1ccnc2[nH]ccc12)CO[P@@](=O)(NCC(=O)OC(C)C)Oc1ccccc1. The molecule has 3 rings (SSSR count). The highest BCUT2D eigenvalue weighted by Crippen LogP contribution is 2.44. The monoisotopic (exact) mass is 551 g/mol. The van der Waals surface area contributed by atoms with E-state index >= 15 is 0 Å². The first-order valence-electron chi connectivity index (χ1n) is 12.2. The molecule has 0 bridgehead atoms. The summed E-state index contributed by atoms with van der Waals surface area (Å²) < 4.78 is 35.3. The van der Waals surface area contributed by atoms with Crippen LogP contribution in [0.25, 0.3) is 11.0 Å². The van der Waals surface area contributed by atoms with Crippen molar-refractivity contribution in [3.05, 3.63) is 60.4 Å². The van der Waals surface area contributed by atoms with Gasteiger partial charge in [-0.2, -0.15) is 0 Å². The number of para-hydroxylation sites is 1. The first-order valence-corrected chi connectivity index (χ1v) is 13.7. The van der Waals surface area contributed by atoms with Gasteiger partial charge in [-0.05, 0) is 70.4 Å². The van der Waals surface area contributed by atoms with Crippen molar-refractivity contribution in [1.82, 2.24) is 15.1 Å². The number of aromatic amines is 1. The molecule has 0 aliphatic carbocycles. The van der Waals surface area contributed by atoms with Crippen LogP contribution in [0.2, 0.25) is 0 Å². The van der Waals surface area contributed by atoms with E-state index in [2.05, 4.69) is 15.1 Å². The van der Waals surface area contributed by atoms with E-state index in [1.54, 1.807) is 51.4 Å². The number of pyridine rings is 1.